The minimum atomic E-state index is -0.274. The molecule has 404 valence electrons. The first-order chi connectivity index (χ1) is 37.1. The Hall–Kier alpha value is -8.51. The molecule has 2 saturated heterocycles. The van der Waals surface area contributed by atoms with E-state index in [0.717, 1.165) is 85.8 Å². The van der Waals surface area contributed by atoms with Crippen molar-refractivity contribution in [3.05, 3.63) is 150 Å². The number of nitrogen functional groups attached to an aromatic ring is 1. The van der Waals surface area contributed by atoms with Crippen LogP contribution in [0.25, 0.3) is 0 Å². The van der Waals surface area contributed by atoms with E-state index in [-0.39, 0.29) is 28.9 Å². The molecule has 19 heteroatoms. The number of hydrogen-bond acceptors (Lipinski definition) is 14. The lowest BCUT2D eigenvalue weighted by molar-refractivity contribution is -0.132. The lowest BCUT2D eigenvalue weighted by atomic mass is 9.89. The van der Waals surface area contributed by atoms with Gasteiger partial charge in [0.1, 0.15) is 23.1 Å². The van der Waals surface area contributed by atoms with Crippen LogP contribution in [-0.2, 0) is 19.2 Å². The maximum Gasteiger partial charge on any atom is 0.247 e. The van der Waals surface area contributed by atoms with Gasteiger partial charge in [0.25, 0.3) is 0 Å². The van der Waals surface area contributed by atoms with Gasteiger partial charge in [-0.05, 0) is 147 Å². The van der Waals surface area contributed by atoms with Crippen molar-refractivity contribution in [1.82, 2.24) is 29.7 Å². The summed E-state index contributed by atoms with van der Waals surface area (Å²) in [6, 6.07) is 26.7. The van der Waals surface area contributed by atoms with Crippen LogP contribution in [0.1, 0.15) is 86.5 Å². The van der Waals surface area contributed by atoms with E-state index in [1.165, 1.54) is 23.3 Å². The number of piperidine rings is 2. The van der Waals surface area contributed by atoms with E-state index >= 15 is 0 Å². The third kappa shape index (κ3) is 16.7. The van der Waals surface area contributed by atoms with Crippen LogP contribution in [0.4, 0.5) is 51.7 Å². The number of carbonyl (C=O) groups is 4. The van der Waals surface area contributed by atoms with E-state index in [9.17, 15) is 19.2 Å². The molecule has 0 spiro atoms. The first kappa shape index (κ1) is 57.8. The lowest BCUT2D eigenvalue weighted by Gasteiger charge is -2.32. The summed E-state index contributed by atoms with van der Waals surface area (Å²) in [6.07, 6.45) is 10.9. The van der Waals surface area contributed by atoms with Crippen LogP contribution < -0.4 is 41.8 Å². The first-order valence-corrected chi connectivity index (χ1v) is 25.9. The molecule has 2 aromatic heterocycles. The van der Waals surface area contributed by atoms with E-state index in [0.29, 0.717) is 65.1 Å². The van der Waals surface area contributed by atoms with Crippen LogP contribution in [0, 0.1) is 13.8 Å². The second-order valence-electron chi connectivity index (χ2n) is 18.3. The molecule has 2 aliphatic heterocycles. The standard InChI is InChI=1S/C29H34N6O3.C15H22N2O2.C14H13ClN4O/c1-5-26(36)31-22-8-7-9-23(17-22)32-28-19(3)18-30-29(34-28)33-24-11-10-21(16-25(24)38-4)20-12-14-35(15-13-20)27(37)6-2;1-3-15(18)17-8-6-11(7-9-17)12-4-5-13(16)14(10-12)19-2;1-3-12(20)17-10-5-4-6-11(7-10)18-13-9(2)8-16-14(15)19-13/h5,7-11,16-18,20H,1,6,12-15H2,2-4H3,(H,31,36)(H2,30,32,33,34);4-5,10-11H,3,6-9,16H2,1-2H3;3-8H,1H2,2H3,(H,17,20)(H,16,18,19). The lowest BCUT2D eigenvalue weighted by Crippen LogP contribution is -2.37. The van der Waals surface area contributed by atoms with Crippen molar-refractivity contribution < 1.29 is 28.7 Å². The van der Waals surface area contributed by atoms with Gasteiger partial charge in [0.05, 0.1) is 25.6 Å². The van der Waals surface area contributed by atoms with Crippen molar-refractivity contribution in [2.45, 2.75) is 78.1 Å². The Labute approximate surface area is 455 Å². The predicted octanol–water partition coefficient (Wildman–Crippen LogP) is 11.2. The van der Waals surface area contributed by atoms with Crippen molar-refractivity contribution in [3.8, 4) is 11.5 Å². The second kappa shape index (κ2) is 28.4. The van der Waals surface area contributed by atoms with Crippen LogP contribution in [0.2, 0.25) is 5.28 Å². The van der Waals surface area contributed by atoms with Gasteiger partial charge in [-0.3, -0.25) is 19.2 Å². The molecule has 6 aromatic rings. The number of aryl methyl sites for hydroxylation is 2. The zero-order valence-electron chi connectivity index (χ0n) is 44.6. The number of amides is 4. The van der Waals surface area contributed by atoms with Crippen LogP contribution in [0.15, 0.2) is 123 Å². The highest BCUT2D eigenvalue weighted by Crippen LogP contribution is 2.36. The third-order valence-electron chi connectivity index (χ3n) is 13.0. The molecular weight excluding hydrogens is 996 g/mol. The van der Waals surface area contributed by atoms with Gasteiger partial charge < -0.3 is 51.6 Å². The Morgan fingerprint density at radius 1 is 0.636 bits per heavy atom. The molecule has 0 atom stereocenters. The van der Waals surface area contributed by atoms with Gasteiger partial charge in [-0.1, -0.05) is 51.3 Å². The number of likely N-dealkylation sites (tertiary alicyclic amines) is 2. The number of anilines is 9. The number of rotatable bonds is 16. The number of nitrogens with one attached hydrogen (secondary N) is 5. The summed E-state index contributed by atoms with van der Waals surface area (Å²) in [4.78, 5) is 67.6. The highest BCUT2D eigenvalue weighted by molar-refractivity contribution is 6.28. The van der Waals surface area contributed by atoms with E-state index in [1.807, 2.05) is 86.0 Å². The Morgan fingerprint density at radius 3 is 1.57 bits per heavy atom. The first-order valence-electron chi connectivity index (χ1n) is 25.5. The van der Waals surface area contributed by atoms with E-state index < -0.39 is 0 Å². The Kier molecular flexibility index (Phi) is 21.3. The Morgan fingerprint density at radius 2 is 1.09 bits per heavy atom. The summed E-state index contributed by atoms with van der Waals surface area (Å²) >= 11 is 5.77. The molecule has 2 aliphatic rings. The molecule has 4 aromatic carbocycles. The van der Waals surface area contributed by atoms with Crippen molar-refractivity contribution in [2.24, 2.45) is 0 Å². The zero-order chi connectivity index (χ0) is 55.4. The highest BCUT2D eigenvalue weighted by Gasteiger charge is 2.25. The molecule has 4 amide bonds. The molecule has 4 heterocycles. The number of nitrogens with zero attached hydrogens (tertiary/aromatic N) is 6. The number of methoxy groups -OCH3 is 2. The normalized spacial score (nSPS) is 13.3. The van der Waals surface area contributed by atoms with Crippen molar-refractivity contribution in [1.29, 1.82) is 0 Å². The predicted molar refractivity (Wildman–Crippen MR) is 307 cm³/mol. The summed E-state index contributed by atoms with van der Waals surface area (Å²) < 4.78 is 11.0. The molecule has 0 radical (unpaired) electrons. The van der Waals surface area contributed by atoms with Gasteiger partial charge >= 0.3 is 0 Å². The maximum atomic E-state index is 12.0. The third-order valence-corrected chi connectivity index (χ3v) is 13.2. The quantitative estimate of drug-likeness (QED) is 0.0301. The Bertz CT molecular complexity index is 3030. The minimum absolute atomic E-state index is 0.175. The molecule has 7 N–H and O–H groups in total. The molecule has 0 aliphatic carbocycles. The summed E-state index contributed by atoms with van der Waals surface area (Å²) in [6.45, 7) is 17.8. The second-order valence-corrected chi connectivity index (χ2v) is 18.6. The smallest absolute Gasteiger partial charge is 0.247 e. The van der Waals surface area contributed by atoms with Crippen molar-refractivity contribution in [2.75, 3.05) is 72.7 Å². The molecule has 0 saturated carbocycles. The number of nitrogens with two attached hydrogens (primary N) is 1. The van der Waals surface area contributed by atoms with Gasteiger partial charge in [0.15, 0.2) is 0 Å². The fraction of sp³-hybridized carbons (Fsp3) is 0.310. The number of hydrogen-bond donors (Lipinski definition) is 6. The van der Waals surface area contributed by atoms with Crippen LogP contribution in [0.3, 0.4) is 0 Å². The molecule has 8 rings (SSSR count). The molecule has 77 heavy (non-hydrogen) atoms. The van der Waals surface area contributed by atoms with Gasteiger partial charge in [-0.15, -0.1) is 0 Å². The topological polar surface area (TPSA) is 231 Å². The van der Waals surface area contributed by atoms with Gasteiger partial charge in [-0.25, -0.2) is 15.0 Å². The van der Waals surface area contributed by atoms with E-state index in [1.54, 1.807) is 44.8 Å². The molecule has 2 fully saturated rings. The number of aromatic nitrogens is 4. The van der Waals surface area contributed by atoms with Crippen molar-refractivity contribution in [3.63, 3.8) is 0 Å². The minimum Gasteiger partial charge on any atom is -0.495 e. The summed E-state index contributed by atoms with van der Waals surface area (Å²) in [7, 11) is 3.28. The van der Waals surface area contributed by atoms with Gasteiger partial charge in [0.2, 0.25) is 34.9 Å². The number of ether oxygens (including phenoxy) is 2. The van der Waals surface area contributed by atoms with Crippen LogP contribution in [-0.4, -0.2) is 93.8 Å². The van der Waals surface area contributed by atoms with Gasteiger partial charge in [0, 0.05) is 85.3 Å². The van der Waals surface area contributed by atoms with Crippen molar-refractivity contribution >= 4 is 86.9 Å². The SMILES string of the molecule is C=CC(=O)Nc1cccc(Nc2nc(Cl)ncc2C)c1.C=CC(=O)Nc1cccc(Nc2nc(Nc3ccc(C4CCN(C(=O)CC)CC4)cc3OC)ncc2C)c1.CCC(=O)N1CCC(c2ccc(N)c(OC)c2)CC1. The van der Waals surface area contributed by atoms with E-state index in [4.69, 9.17) is 26.8 Å². The molecular formula is C58H69ClN12O6. The van der Waals surface area contributed by atoms with Crippen LogP contribution in [0.5, 0.6) is 11.5 Å². The summed E-state index contributed by atoms with van der Waals surface area (Å²) in [5.41, 5.74) is 14.3. The summed E-state index contributed by atoms with van der Waals surface area (Å²) in [5, 5.41) is 15.3. The summed E-state index contributed by atoms with van der Waals surface area (Å²) in [5.74, 6) is 3.96. The number of halogens is 1. The van der Waals surface area contributed by atoms with E-state index in [2.05, 4.69) is 77.9 Å². The van der Waals surface area contributed by atoms with Crippen LogP contribution >= 0.6 is 11.6 Å². The monoisotopic (exact) mass is 1060 g/mol. The molecule has 0 unspecified atom stereocenters. The Balaban J connectivity index is 0.000000207. The maximum absolute atomic E-state index is 12.0. The fourth-order valence-corrected chi connectivity index (χ4v) is 8.86. The number of carbonyl (C=O) groups excluding carboxylic acids is 4. The molecule has 0 bridgehead atoms. The molecule has 18 nitrogen and oxygen atoms in total. The average Bonchev–Trinajstić information content (AvgIpc) is 3.45. The van der Waals surface area contributed by atoms with Gasteiger partial charge in [-0.2, -0.15) is 4.98 Å². The number of benzene rings is 4. The zero-order valence-corrected chi connectivity index (χ0v) is 45.4. The average molecular weight is 1070 g/mol. The highest BCUT2D eigenvalue weighted by atomic mass is 35.5. The largest absolute Gasteiger partial charge is 0.495 e. The fourth-order valence-electron chi connectivity index (χ4n) is 8.72.